The van der Waals surface area contributed by atoms with Gasteiger partial charge in [0.2, 0.25) is 0 Å². The summed E-state index contributed by atoms with van der Waals surface area (Å²) >= 11 is 4.61. The summed E-state index contributed by atoms with van der Waals surface area (Å²) in [6.45, 7) is 0. The molecule has 1 heterocycles. The van der Waals surface area contributed by atoms with Crippen LogP contribution < -0.4 is 11.2 Å². The third kappa shape index (κ3) is 2.29. The first-order chi connectivity index (χ1) is 7.25. The molecule has 0 aliphatic heterocycles. The molecule has 1 aromatic carbocycles. The van der Waals surface area contributed by atoms with Gasteiger partial charge in [-0.05, 0) is 29.9 Å². The summed E-state index contributed by atoms with van der Waals surface area (Å²) in [5.41, 5.74) is 9.66. The topological polar surface area (TPSA) is 79.1 Å². The summed E-state index contributed by atoms with van der Waals surface area (Å²) < 4.78 is 0. The zero-order valence-electron chi connectivity index (χ0n) is 7.77. The molecule has 0 bridgehead atoms. The minimum Gasteiger partial charge on any atom is -0.375 e. The molecule has 0 saturated heterocycles. The van der Waals surface area contributed by atoms with Crippen molar-refractivity contribution in [3.05, 3.63) is 30.0 Å². The van der Waals surface area contributed by atoms with Crippen LogP contribution in [0, 0.1) is 0 Å². The van der Waals surface area contributed by atoms with Gasteiger partial charge in [-0.2, -0.15) is 10.2 Å². The molecule has 1 aromatic heterocycles. The van der Waals surface area contributed by atoms with E-state index in [1.54, 1.807) is 12.4 Å². The van der Waals surface area contributed by atoms with Crippen molar-refractivity contribution < 1.29 is 0 Å². The average molecular weight is 219 g/mol. The number of thiocarbonyl (C=S) groups is 1. The highest BCUT2D eigenvalue weighted by atomic mass is 32.1. The first-order valence-corrected chi connectivity index (χ1v) is 4.68. The number of benzene rings is 1. The summed E-state index contributed by atoms with van der Waals surface area (Å²) in [6, 6.07) is 5.82. The van der Waals surface area contributed by atoms with E-state index in [-0.39, 0.29) is 5.11 Å². The molecule has 0 atom stereocenters. The van der Waals surface area contributed by atoms with E-state index < -0.39 is 0 Å². The van der Waals surface area contributed by atoms with E-state index in [1.165, 1.54) is 0 Å². The smallest absolute Gasteiger partial charge is 0.184 e. The second-order valence-electron chi connectivity index (χ2n) is 2.95. The van der Waals surface area contributed by atoms with Gasteiger partial charge in [0.15, 0.2) is 5.11 Å². The Morgan fingerprint density at radius 1 is 1.60 bits per heavy atom. The monoisotopic (exact) mass is 219 g/mol. The van der Waals surface area contributed by atoms with Gasteiger partial charge in [0.1, 0.15) is 0 Å². The van der Waals surface area contributed by atoms with Crippen LogP contribution >= 0.6 is 12.2 Å². The van der Waals surface area contributed by atoms with Crippen molar-refractivity contribution in [3.63, 3.8) is 0 Å². The number of fused-ring (bicyclic) bond motifs is 1. The number of hydrazone groups is 1. The summed E-state index contributed by atoms with van der Waals surface area (Å²) in [6.07, 6.45) is 3.40. The third-order valence-electron chi connectivity index (χ3n) is 1.85. The molecule has 5 nitrogen and oxygen atoms in total. The molecule has 6 heteroatoms. The number of rotatable bonds is 2. The third-order valence-corrected chi connectivity index (χ3v) is 1.94. The van der Waals surface area contributed by atoms with Crippen LogP contribution in [0.2, 0.25) is 0 Å². The highest BCUT2D eigenvalue weighted by molar-refractivity contribution is 7.80. The normalized spacial score (nSPS) is 10.9. The highest BCUT2D eigenvalue weighted by Crippen LogP contribution is 2.11. The van der Waals surface area contributed by atoms with E-state index in [0.29, 0.717) is 0 Å². The quantitative estimate of drug-likeness (QED) is 0.395. The Kier molecular flexibility index (Phi) is 2.59. The van der Waals surface area contributed by atoms with Gasteiger partial charge < -0.3 is 5.73 Å². The molecular formula is C9H9N5S. The van der Waals surface area contributed by atoms with Crippen LogP contribution in [0.3, 0.4) is 0 Å². The molecule has 0 amide bonds. The van der Waals surface area contributed by atoms with Crippen LogP contribution in [0.4, 0.5) is 0 Å². The van der Waals surface area contributed by atoms with Gasteiger partial charge in [0, 0.05) is 5.39 Å². The highest BCUT2D eigenvalue weighted by Gasteiger charge is 1.95. The van der Waals surface area contributed by atoms with Gasteiger partial charge in [0.05, 0.1) is 17.9 Å². The maximum absolute atomic E-state index is 5.22. The van der Waals surface area contributed by atoms with E-state index in [4.69, 9.17) is 5.73 Å². The number of nitrogens with zero attached hydrogens (tertiary/aromatic N) is 2. The molecule has 0 fully saturated rings. The Morgan fingerprint density at radius 3 is 3.27 bits per heavy atom. The minimum absolute atomic E-state index is 0.149. The fourth-order valence-corrected chi connectivity index (χ4v) is 1.26. The van der Waals surface area contributed by atoms with Crippen LogP contribution in [0.5, 0.6) is 0 Å². The number of aromatic nitrogens is 2. The van der Waals surface area contributed by atoms with Crippen molar-refractivity contribution in [2.45, 2.75) is 0 Å². The maximum atomic E-state index is 5.22. The molecule has 15 heavy (non-hydrogen) atoms. The lowest BCUT2D eigenvalue weighted by atomic mass is 10.2. The van der Waals surface area contributed by atoms with Crippen molar-refractivity contribution in [1.82, 2.24) is 15.6 Å². The van der Waals surface area contributed by atoms with Crippen molar-refractivity contribution in [3.8, 4) is 0 Å². The van der Waals surface area contributed by atoms with Crippen LogP contribution in [0.25, 0.3) is 10.9 Å². The molecule has 0 radical (unpaired) electrons. The van der Waals surface area contributed by atoms with Crippen LogP contribution in [0.15, 0.2) is 29.5 Å². The van der Waals surface area contributed by atoms with Crippen LogP contribution in [-0.2, 0) is 0 Å². The Hall–Kier alpha value is -1.95. The number of H-pyrrole nitrogens is 1. The maximum Gasteiger partial charge on any atom is 0.184 e. The van der Waals surface area contributed by atoms with Gasteiger partial charge in [-0.1, -0.05) is 6.07 Å². The van der Waals surface area contributed by atoms with Crippen molar-refractivity contribution >= 4 is 34.4 Å². The predicted molar refractivity (Wildman–Crippen MR) is 63.6 cm³/mol. The number of hydrogen-bond donors (Lipinski definition) is 3. The molecule has 4 N–H and O–H groups in total. The van der Waals surface area contributed by atoms with Gasteiger partial charge in [-0.3, -0.25) is 10.5 Å². The molecule has 0 aliphatic carbocycles. The van der Waals surface area contributed by atoms with Gasteiger partial charge in [0.25, 0.3) is 0 Å². The van der Waals surface area contributed by atoms with Crippen LogP contribution in [0.1, 0.15) is 5.56 Å². The molecule has 2 aromatic rings. The zero-order valence-corrected chi connectivity index (χ0v) is 8.58. The summed E-state index contributed by atoms with van der Waals surface area (Å²) in [4.78, 5) is 0. The Bertz CT molecular complexity index is 516. The van der Waals surface area contributed by atoms with E-state index >= 15 is 0 Å². The van der Waals surface area contributed by atoms with E-state index in [9.17, 15) is 0 Å². The second-order valence-corrected chi connectivity index (χ2v) is 3.39. The molecule has 0 unspecified atom stereocenters. The van der Waals surface area contributed by atoms with E-state index in [2.05, 4.69) is 32.9 Å². The number of nitrogens with two attached hydrogens (primary N) is 1. The second kappa shape index (κ2) is 4.05. The first kappa shape index (κ1) is 9.60. The number of nitrogens with one attached hydrogen (secondary N) is 2. The zero-order chi connectivity index (χ0) is 10.7. The first-order valence-electron chi connectivity index (χ1n) is 4.27. The molecule has 2 rings (SSSR count). The minimum atomic E-state index is 0.149. The lowest BCUT2D eigenvalue weighted by Gasteiger charge is -1.95. The summed E-state index contributed by atoms with van der Waals surface area (Å²) in [5.74, 6) is 0. The molecule has 0 spiro atoms. The van der Waals surface area contributed by atoms with Gasteiger partial charge in [-0.25, -0.2) is 0 Å². The molecule has 76 valence electrons. The average Bonchev–Trinajstić information content (AvgIpc) is 2.64. The van der Waals surface area contributed by atoms with Crippen LogP contribution in [-0.4, -0.2) is 21.5 Å². The van der Waals surface area contributed by atoms with Crippen molar-refractivity contribution in [2.75, 3.05) is 0 Å². The Morgan fingerprint density at radius 2 is 2.47 bits per heavy atom. The largest absolute Gasteiger partial charge is 0.375 e. The molecule has 0 aliphatic rings. The molecular weight excluding hydrogens is 210 g/mol. The SMILES string of the molecule is NC(=S)NN=Cc1ccc2[nH]ncc2c1. The number of aromatic amines is 1. The fourth-order valence-electron chi connectivity index (χ4n) is 1.21. The van der Waals surface area contributed by atoms with E-state index in [1.807, 2.05) is 18.2 Å². The predicted octanol–water partition coefficient (Wildman–Crippen LogP) is 0.730. The Balaban J connectivity index is 2.21. The molecule has 0 saturated carbocycles. The summed E-state index contributed by atoms with van der Waals surface area (Å²) in [5, 5.41) is 11.8. The van der Waals surface area contributed by atoms with Crippen molar-refractivity contribution in [1.29, 1.82) is 0 Å². The van der Waals surface area contributed by atoms with Crippen molar-refractivity contribution in [2.24, 2.45) is 10.8 Å². The lowest BCUT2D eigenvalue weighted by molar-refractivity contribution is 1.04. The van der Waals surface area contributed by atoms with Gasteiger partial charge >= 0.3 is 0 Å². The van der Waals surface area contributed by atoms with Gasteiger partial charge in [-0.15, -0.1) is 0 Å². The lowest BCUT2D eigenvalue weighted by Crippen LogP contribution is -2.23. The Labute approximate surface area is 91.4 Å². The van der Waals surface area contributed by atoms with E-state index in [0.717, 1.165) is 16.5 Å². The standard InChI is InChI=1S/C9H9N5S/c10-9(15)14-11-4-6-1-2-8-7(3-6)5-12-13-8/h1-5H,(H,12,13)(H3,10,14,15). The summed E-state index contributed by atoms with van der Waals surface area (Å²) in [7, 11) is 0. The number of hydrogen-bond acceptors (Lipinski definition) is 3. The fraction of sp³-hybridized carbons (Fsp3) is 0.